The number of hydrogen-bond acceptors (Lipinski definition) is 6. The van der Waals surface area contributed by atoms with Gasteiger partial charge in [0.15, 0.2) is 0 Å². The predicted octanol–water partition coefficient (Wildman–Crippen LogP) is 2.59. The van der Waals surface area contributed by atoms with Crippen LogP contribution >= 0.6 is 11.3 Å². The van der Waals surface area contributed by atoms with Crippen molar-refractivity contribution in [1.29, 1.82) is 0 Å². The molecule has 2 rings (SSSR count). The lowest BCUT2D eigenvalue weighted by Crippen LogP contribution is -2.06. The maximum atomic E-state index is 11.4. The van der Waals surface area contributed by atoms with Crippen molar-refractivity contribution in [3.8, 4) is 10.8 Å². The lowest BCUT2D eigenvalue weighted by molar-refractivity contribution is 0.0508. The maximum absolute atomic E-state index is 11.4. The lowest BCUT2D eigenvalue weighted by Gasteiger charge is -1.93. The molecule has 2 aromatic rings. The number of hydrogen-bond donors (Lipinski definition) is 0. The quantitative estimate of drug-likeness (QED) is 0.785. The van der Waals surface area contributed by atoms with E-state index in [2.05, 4.69) is 10.1 Å². The van der Waals surface area contributed by atoms with Crippen LogP contribution in [0.2, 0.25) is 0 Å². The molecule has 0 aliphatic carbocycles. The summed E-state index contributed by atoms with van der Waals surface area (Å²) >= 11 is 1.56. The number of carbonyl (C=O) groups is 1. The summed E-state index contributed by atoms with van der Waals surface area (Å²) in [6, 6.07) is 1.96. The Hall–Kier alpha value is -1.69. The molecule has 0 N–H and O–H groups in total. The summed E-state index contributed by atoms with van der Waals surface area (Å²) in [5, 5.41) is 3.60. The minimum Gasteiger partial charge on any atom is -0.460 e. The van der Waals surface area contributed by atoms with Crippen LogP contribution < -0.4 is 0 Å². The molecule has 6 heteroatoms. The van der Waals surface area contributed by atoms with E-state index in [1.807, 2.05) is 19.9 Å². The SMILES string of the molecule is CCOC(=O)c1noc(-c2cc(C)c(C)s2)n1. The number of thiophene rings is 1. The first-order valence-corrected chi connectivity index (χ1v) is 6.01. The average Bonchev–Trinajstić information content (AvgIpc) is 2.87. The Labute approximate surface area is 102 Å². The Kier molecular flexibility index (Phi) is 3.23. The zero-order chi connectivity index (χ0) is 12.4. The van der Waals surface area contributed by atoms with Gasteiger partial charge < -0.3 is 9.26 Å². The number of carbonyl (C=O) groups excluding carboxylic acids is 1. The van der Waals surface area contributed by atoms with E-state index in [-0.39, 0.29) is 5.82 Å². The molecule has 5 nitrogen and oxygen atoms in total. The molecule has 0 aliphatic heterocycles. The standard InChI is InChI=1S/C11H12N2O3S/c1-4-15-11(14)9-12-10(16-13-9)8-5-6(2)7(3)17-8/h5H,4H2,1-3H3. The van der Waals surface area contributed by atoms with Crippen molar-refractivity contribution in [3.63, 3.8) is 0 Å². The van der Waals surface area contributed by atoms with E-state index in [0.717, 1.165) is 4.88 Å². The number of aryl methyl sites for hydroxylation is 2. The van der Waals surface area contributed by atoms with Gasteiger partial charge in [-0.25, -0.2) is 4.79 Å². The zero-order valence-corrected chi connectivity index (χ0v) is 10.6. The second-order valence-electron chi connectivity index (χ2n) is 3.49. The molecule has 0 aliphatic rings. The highest BCUT2D eigenvalue weighted by atomic mass is 32.1. The largest absolute Gasteiger partial charge is 0.460 e. The Morgan fingerprint density at radius 2 is 2.29 bits per heavy atom. The normalized spacial score (nSPS) is 10.5. The highest BCUT2D eigenvalue weighted by molar-refractivity contribution is 7.15. The van der Waals surface area contributed by atoms with Crippen LogP contribution in [0.3, 0.4) is 0 Å². The first-order chi connectivity index (χ1) is 8.11. The van der Waals surface area contributed by atoms with Crippen LogP contribution in [0, 0.1) is 13.8 Å². The summed E-state index contributed by atoms with van der Waals surface area (Å²) in [6.45, 7) is 6.05. The average molecular weight is 252 g/mol. The van der Waals surface area contributed by atoms with Crippen molar-refractivity contribution in [2.24, 2.45) is 0 Å². The van der Waals surface area contributed by atoms with Crippen molar-refractivity contribution in [1.82, 2.24) is 10.1 Å². The minimum atomic E-state index is -0.563. The van der Waals surface area contributed by atoms with Gasteiger partial charge in [0.05, 0.1) is 11.5 Å². The van der Waals surface area contributed by atoms with Gasteiger partial charge in [-0.3, -0.25) is 0 Å². The summed E-state index contributed by atoms with van der Waals surface area (Å²) < 4.78 is 9.82. The van der Waals surface area contributed by atoms with Gasteiger partial charge >= 0.3 is 5.97 Å². The molecule has 0 atom stereocenters. The Bertz CT molecular complexity index is 525. The van der Waals surface area contributed by atoms with Crippen LogP contribution in [0.1, 0.15) is 28.0 Å². The van der Waals surface area contributed by atoms with Crippen molar-refractivity contribution >= 4 is 17.3 Å². The topological polar surface area (TPSA) is 65.2 Å². The van der Waals surface area contributed by atoms with E-state index >= 15 is 0 Å². The van der Waals surface area contributed by atoms with Gasteiger partial charge in [0.25, 0.3) is 11.7 Å². The molecule has 2 aromatic heterocycles. The number of rotatable bonds is 3. The van der Waals surface area contributed by atoms with E-state index < -0.39 is 5.97 Å². The fraction of sp³-hybridized carbons (Fsp3) is 0.364. The molecule has 90 valence electrons. The van der Waals surface area contributed by atoms with Crippen LogP contribution in [0.15, 0.2) is 10.6 Å². The molecular weight excluding hydrogens is 240 g/mol. The highest BCUT2D eigenvalue weighted by Gasteiger charge is 2.18. The van der Waals surface area contributed by atoms with Crippen LogP contribution in [0.25, 0.3) is 10.8 Å². The monoisotopic (exact) mass is 252 g/mol. The fourth-order valence-electron chi connectivity index (χ4n) is 1.28. The first kappa shape index (κ1) is 11.8. The van der Waals surface area contributed by atoms with Gasteiger partial charge in [-0.2, -0.15) is 4.98 Å². The third-order valence-electron chi connectivity index (χ3n) is 2.26. The van der Waals surface area contributed by atoms with E-state index in [1.54, 1.807) is 18.3 Å². The summed E-state index contributed by atoms with van der Waals surface area (Å²) in [5.41, 5.74) is 1.17. The molecule has 17 heavy (non-hydrogen) atoms. The van der Waals surface area contributed by atoms with Crippen LogP contribution in [0.4, 0.5) is 0 Å². The zero-order valence-electron chi connectivity index (χ0n) is 9.81. The van der Waals surface area contributed by atoms with E-state index in [0.29, 0.717) is 12.5 Å². The molecular formula is C11H12N2O3S. The van der Waals surface area contributed by atoms with Crippen LogP contribution in [-0.4, -0.2) is 22.7 Å². The van der Waals surface area contributed by atoms with Crippen LogP contribution in [-0.2, 0) is 4.74 Å². The van der Waals surface area contributed by atoms with Gasteiger partial charge in [-0.15, -0.1) is 11.3 Å². The molecule has 0 unspecified atom stereocenters. The summed E-state index contributed by atoms with van der Waals surface area (Å²) in [4.78, 5) is 17.4. The number of esters is 1. The third-order valence-corrected chi connectivity index (χ3v) is 3.40. The van der Waals surface area contributed by atoms with E-state index in [1.165, 1.54) is 10.4 Å². The molecule has 0 fully saturated rings. The fourth-order valence-corrected chi connectivity index (χ4v) is 2.24. The number of aromatic nitrogens is 2. The second-order valence-corrected chi connectivity index (χ2v) is 4.75. The molecule has 0 bridgehead atoms. The van der Waals surface area contributed by atoms with Gasteiger partial charge in [0, 0.05) is 4.88 Å². The minimum absolute atomic E-state index is 0.0365. The highest BCUT2D eigenvalue weighted by Crippen LogP contribution is 2.29. The summed E-state index contributed by atoms with van der Waals surface area (Å²) in [6.07, 6.45) is 0. The van der Waals surface area contributed by atoms with Crippen molar-refractivity contribution < 1.29 is 14.1 Å². The van der Waals surface area contributed by atoms with Crippen molar-refractivity contribution in [3.05, 3.63) is 22.3 Å². The smallest absolute Gasteiger partial charge is 0.379 e. The Morgan fingerprint density at radius 3 is 2.88 bits per heavy atom. The second kappa shape index (κ2) is 4.67. The van der Waals surface area contributed by atoms with Crippen molar-refractivity contribution in [2.75, 3.05) is 6.61 Å². The summed E-state index contributed by atoms with van der Waals surface area (Å²) in [5.74, 6) is -0.243. The van der Waals surface area contributed by atoms with Gasteiger partial charge in [0.2, 0.25) is 0 Å². The molecule has 0 spiro atoms. The molecule has 0 saturated carbocycles. The lowest BCUT2D eigenvalue weighted by atomic mass is 10.3. The van der Waals surface area contributed by atoms with Gasteiger partial charge in [-0.1, -0.05) is 0 Å². The number of ether oxygens (including phenoxy) is 1. The first-order valence-electron chi connectivity index (χ1n) is 5.20. The third kappa shape index (κ3) is 2.36. The molecule has 0 aromatic carbocycles. The van der Waals surface area contributed by atoms with Gasteiger partial charge in [-0.05, 0) is 37.6 Å². The Balaban J connectivity index is 2.26. The predicted molar refractivity (Wildman–Crippen MR) is 63.0 cm³/mol. The van der Waals surface area contributed by atoms with Crippen molar-refractivity contribution in [2.45, 2.75) is 20.8 Å². The maximum Gasteiger partial charge on any atom is 0.379 e. The molecule has 0 saturated heterocycles. The Morgan fingerprint density at radius 1 is 1.53 bits per heavy atom. The molecule has 0 radical (unpaired) electrons. The molecule has 0 amide bonds. The summed E-state index contributed by atoms with van der Waals surface area (Å²) in [7, 11) is 0. The van der Waals surface area contributed by atoms with E-state index in [9.17, 15) is 4.79 Å². The van der Waals surface area contributed by atoms with Crippen LogP contribution in [0.5, 0.6) is 0 Å². The van der Waals surface area contributed by atoms with E-state index in [4.69, 9.17) is 9.26 Å². The number of nitrogens with zero attached hydrogens (tertiary/aromatic N) is 2. The van der Waals surface area contributed by atoms with Gasteiger partial charge in [0.1, 0.15) is 0 Å². The molecule has 2 heterocycles.